The monoisotopic (exact) mass is 586 g/mol. The molecule has 0 unspecified atom stereocenters. The summed E-state index contributed by atoms with van der Waals surface area (Å²) >= 11 is 4.75. The van der Waals surface area contributed by atoms with E-state index in [0.717, 1.165) is 11.3 Å². The predicted molar refractivity (Wildman–Crippen MR) is 143 cm³/mol. The lowest BCUT2D eigenvalue weighted by Crippen LogP contribution is -2.12. The highest BCUT2D eigenvalue weighted by Gasteiger charge is 2.26. The maximum Gasteiger partial charge on any atom is 0.220 e. The molecule has 1 aromatic heterocycles. The number of methoxy groups -OCH3 is 1. The molecule has 0 aliphatic rings. The Labute approximate surface area is 226 Å². The van der Waals surface area contributed by atoms with Gasteiger partial charge < -0.3 is 9.47 Å². The molecule has 192 valence electrons. The summed E-state index contributed by atoms with van der Waals surface area (Å²) in [4.78, 5) is 11.3. The molecule has 0 aliphatic carbocycles. The summed E-state index contributed by atoms with van der Waals surface area (Å²) in [6, 6.07) is 17.7. The highest BCUT2D eigenvalue weighted by Crippen LogP contribution is 2.43. The van der Waals surface area contributed by atoms with Gasteiger partial charge in [-0.2, -0.15) is 0 Å². The zero-order valence-corrected chi connectivity index (χ0v) is 22.8. The largest absolute Gasteiger partial charge is 0.493 e. The van der Waals surface area contributed by atoms with Crippen LogP contribution in [0.5, 0.6) is 11.5 Å². The van der Waals surface area contributed by atoms with Crippen LogP contribution in [0.25, 0.3) is 5.69 Å². The lowest BCUT2D eigenvalue weighted by Gasteiger charge is -2.18. The lowest BCUT2D eigenvalue weighted by molar-refractivity contribution is -0.479. The van der Waals surface area contributed by atoms with Gasteiger partial charge in [-0.05, 0) is 65.7 Å². The van der Waals surface area contributed by atoms with Crippen molar-refractivity contribution in [1.29, 1.82) is 0 Å². The minimum Gasteiger partial charge on any atom is -0.493 e. The first-order chi connectivity index (χ1) is 17.8. The van der Waals surface area contributed by atoms with Crippen LogP contribution in [-0.2, 0) is 6.61 Å². The van der Waals surface area contributed by atoms with E-state index in [4.69, 9.17) is 9.47 Å². The number of rotatable bonds is 10. The molecule has 0 saturated carbocycles. The smallest absolute Gasteiger partial charge is 0.220 e. The molecule has 0 fully saturated rings. The van der Waals surface area contributed by atoms with Gasteiger partial charge in [-0.1, -0.05) is 47.7 Å². The van der Waals surface area contributed by atoms with Crippen molar-refractivity contribution in [2.45, 2.75) is 30.9 Å². The third-order valence-corrected chi connectivity index (χ3v) is 7.37. The molecule has 11 heteroatoms. The number of benzene rings is 3. The van der Waals surface area contributed by atoms with Crippen LogP contribution >= 0.6 is 27.7 Å². The first-order valence-corrected chi connectivity index (χ1v) is 12.9. The first kappa shape index (κ1) is 26.6. The molecule has 3 aromatic carbocycles. The van der Waals surface area contributed by atoms with Gasteiger partial charge in [-0.3, -0.25) is 14.7 Å². The Kier molecular flexibility index (Phi) is 8.45. The number of nitro groups is 1. The molecule has 1 heterocycles. The third kappa shape index (κ3) is 6.28. The molecule has 0 spiro atoms. The first-order valence-electron chi connectivity index (χ1n) is 11.3. The summed E-state index contributed by atoms with van der Waals surface area (Å²) < 4.78 is 27.9. The topological polar surface area (TPSA) is 92.3 Å². The predicted octanol–water partition coefficient (Wildman–Crippen LogP) is 6.48. The number of hydrogen-bond donors (Lipinski definition) is 0. The fourth-order valence-electron chi connectivity index (χ4n) is 3.71. The molecule has 1 atom stereocenters. The standard InChI is InChI=1S/C26H24BrFN4O4S/c1-16-8-10-20(11-9-16)32-17(2)29-30-26(32)37-24(14-31(33)34)19-12-21(27)25(23(13-19)35-3)36-15-18-6-4-5-7-22(18)28/h4-13,24H,14-15H2,1-3H3/t24-/m1/s1. The van der Waals surface area contributed by atoms with Gasteiger partial charge in [0.1, 0.15) is 23.5 Å². The van der Waals surface area contributed by atoms with E-state index in [1.54, 1.807) is 30.3 Å². The van der Waals surface area contributed by atoms with Gasteiger partial charge in [-0.15, -0.1) is 10.2 Å². The van der Waals surface area contributed by atoms with Crippen LogP contribution < -0.4 is 9.47 Å². The van der Waals surface area contributed by atoms with Crippen LogP contribution in [0.1, 0.15) is 27.8 Å². The van der Waals surface area contributed by atoms with E-state index in [9.17, 15) is 14.5 Å². The van der Waals surface area contributed by atoms with Gasteiger partial charge in [0.05, 0.1) is 11.6 Å². The average Bonchev–Trinajstić information content (AvgIpc) is 3.23. The fourth-order valence-corrected chi connectivity index (χ4v) is 5.44. The summed E-state index contributed by atoms with van der Waals surface area (Å²) in [6.45, 7) is 3.48. The van der Waals surface area contributed by atoms with Gasteiger partial charge in [0, 0.05) is 16.2 Å². The Balaban J connectivity index is 1.66. The highest BCUT2D eigenvalue weighted by molar-refractivity contribution is 9.10. The van der Waals surface area contributed by atoms with Crippen molar-refractivity contribution in [3.63, 3.8) is 0 Å². The minimum atomic E-state index is -0.603. The normalized spacial score (nSPS) is 11.8. The number of nitrogens with zero attached hydrogens (tertiary/aromatic N) is 4. The van der Waals surface area contributed by atoms with Crippen LogP contribution in [-0.4, -0.2) is 33.3 Å². The van der Waals surface area contributed by atoms with Crippen molar-refractivity contribution in [1.82, 2.24) is 14.8 Å². The maximum absolute atomic E-state index is 14.0. The molecule has 8 nitrogen and oxygen atoms in total. The molecule has 0 radical (unpaired) electrons. The Bertz CT molecular complexity index is 1410. The van der Waals surface area contributed by atoms with Crippen molar-refractivity contribution in [2.24, 2.45) is 0 Å². The van der Waals surface area contributed by atoms with Crippen molar-refractivity contribution >= 4 is 27.7 Å². The van der Waals surface area contributed by atoms with Crippen LogP contribution in [0.4, 0.5) is 4.39 Å². The average molecular weight is 587 g/mol. The van der Waals surface area contributed by atoms with Crippen molar-refractivity contribution in [2.75, 3.05) is 13.7 Å². The Morgan fingerprint density at radius 2 is 1.86 bits per heavy atom. The zero-order valence-electron chi connectivity index (χ0n) is 20.4. The van der Waals surface area contributed by atoms with Crippen LogP contribution in [0.2, 0.25) is 0 Å². The zero-order chi connectivity index (χ0) is 26.5. The summed E-state index contributed by atoms with van der Waals surface area (Å²) in [5.41, 5.74) is 3.02. The fraction of sp³-hybridized carbons (Fsp3) is 0.231. The Morgan fingerprint density at radius 1 is 1.14 bits per heavy atom. The van der Waals surface area contributed by atoms with E-state index < -0.39 is 5.25 Å². The molecular formula is C26H24BrFN4O4S. The van der Waals surface area contributed by atoms with E-state index in [2.05, 4.69) is 26.1 Å². The van der Waals surface area contributed by atoms with Crippen LogP contribution in [0.15, 0.2) is 70.3 Å². The van der Waals surface area contributed by atoms with Gasteiger partial charge in [0.15, 0.2) is 16.7 Å². The van der Waals surface area contributed by atoms with Gasteiger partial charge in [-0.25, -0.2) is 4.39 Å². The third-order valence-electron chi connectivity index (χ3n) is 5.60. The van der Waals surface area contributed by atoms with Gasteiger partial charge in [0.25, 0.3) is 0 Å². The molecule has 37 heavy (non-hydrogen) atoms. The molecule has 0 aliphatic heterocycles. The Hall–Kier alpha value is -3.44. The highest BCUT2D eigenvalue weighted by atomic mass is 79.9. The van der Waals surface area contributed by atoms with E-state index in [1.165, 1.54) is 24.9 Å². The number of aryl methyl sites for hydroxylation is 2. The van der Waals surface area contributed by atoms with E-state index >= 15 is 0 Å². The van der Waals surface area contributed by atoms with Gasteiger partial charge >= 0.3 is 0 Å². The Morgan fingerprint density at radius 3 is 2.54 bits per heavy atom. The second-order valence-electron chi connectivity index (χ2n) is 8.24. The summed E-state index contributed by atoms with van der Waals surface area (Å²) in [5, 5.41) is 20.0. The lowest BCUT2D eigenvalue weighted by atomic mass is 10.1. The number of aromatic nitrogens is 3. The SMILES string of the molecule is COc1cc([C@@H](C[N+](=O)[O-])Sc2nnc(C)n2-c2ccc(C)cc2)cc(Br)c1OCc1ccccc1F. The summed E-state index contributed by atoms with van der Waals surface area (Å²) in [5.74, 6) is 1.04. The number of thioether (sulfide) groups is 1. The maximum atomic E-state index is 14.0. The molecule has 0 N–H and O–H groups in total. The van der Waals surface area contributed by atoms with E-state index in [-0.39, 0.29) is 23.9 Å². The number of ether oxygens (including phenoxy) is 2. The molecule has 4 aromatic rings. The van der Waals surface area contributed by atoms with Crippen LogP contribution in [0, 0.1) is 29.8 Å². The molecule has 0 bridgehead atoms. The second kappa shape index (κ2) is 11.7. The van der Waals surface area contributed by atoms with E-state index in [0.29, 0.717) is 38.1 Å². The minimum absolute atomic E-state index is 0.00696. The van der Waals surface area contributed by atoms with Gasteiger partial charge in [0.2, 0.25) is 6.54 Å². The number of hydrogen-bond acceptors (Lipinski definition) is 7. The van der Waals surface area contributed by atoms with Crippen molar-refractivity contribution in [3.05, 3.63) is 104 Å². The van der Waals surface area contributed by atoms with Crippen molar-refractivity contribution < 1.29 is 18.8 Å². The van der Waals surface area contributed by atoms with E-state index in [1.807, 2.05) is 42.7 Å². The second-order valence-corrected chi connectivity index (χ2v) is 10.3. The molecule has 4 rings (SSSR count). The number of halogens is 2. The van der Waals surface area contributed by atoms with Crippen LogP contribution in [0.3, 0.4) is 0 Å². The summed E-state index contributed by atoms with van der Waals surface area (Å²) in [6.07, 6.45) is 0. The molecule has 0 amide bonds. The molecular weight excluding hydrogens is 563 g/mol. The van der Waals surface area contributed by atoms with Crippen molar-refractivity contribution in [3.8, 4) is 17.2 Å². The summed E-state index contributed by atoms with van der Waals surface area (Å²) in [7, 11) is 1.48. The quantitative estimate of drug-likeness (QED) is 0.119. The molecule has 0 saturated heterocycles.